The summed E-state index contributed by atoms with van der Waals surface area (Å²) in [6.07, 6.45) is -0.670. The zero-order valence-corrected chi connectivity index (χ0v) is 14.5. The lowest BCUT2D eigenvalue weighted by molar-refractivity contribution is -0.122. The number of carbonyl (C=O) groups is 1. The number of hydrogen-bond donors (Lipinski definition) is 1. The van der Waals surface area contributed by atoms with Gasteiger partial charge >= 0.3 is 0 Å². The highest BCUT2D eigenvalue weighted by atomic mass is 35.5. The molecule has 1 N–H and O–H groups in total. The van der Waals surface area contributed by atoms with Gasteiger partial charge in [-0.2, -0.15) is 0 Å². The second-order valence-corrected chi connectivity index (χ2v) is 5.82. The van der Waals surface area contributed by atoms with E-state index >= 15 is 0 Å². The van der Waals surface area contributed by atoms with Gasteiger partial charge in [-0.15, -0.1) is 0 Å². The Morgan fingerprint density at radius 1 is 1.13 bits per heavy atom. The molecule has 1 unspecified atom stereocenters. The molecule has 0 radical (unpaired) electrons. The van der Waals surface area contributed by atoms with Crippen molar-refractivity contribution >= 4 is 34.8 Å². The summed E-state index contributed by atoms with van der Waals surface area (Å²) < 4.78 is 10.7. The summed E-state index contributed by atoms with van der Waals surface area (Å²) in [7, 11) is 1.53. The van der Waals surface area contributed by atoms with E-state index in [2.05, 4.69) is 5.32 Å². The van der Waals surface area contributed by atoms with E-state index in [4.69, 9.17) is 32.7 Å². The first-order valence-corrected chi connectivity index (χ1v) is 7.73. The highest BCUT2D eigenvalue weighted by Crippen LogP contribution is 2.27. The Hall–Kier alpha value is -1.91. The molecular weight excluding hydrogens is 337 g/mol. The number of ether oxygens (including phenoxy) is 2. The summed E-state index contributed by atoms with van der Waals surface area (Å²) in [5.74, 6) is 0.853. The van der Waals surface area contributed by atoms with Gasteiger partial charge in [0.25, 0.3) is 5.91 Å². The van der Waals surface area contributed by atoms with Crippen molar-refractivity contribution in [2.45, 2.75) is 20.0 Å². The number of aryl methyl sites for hydroxylation is 1. The quantitative estimate of drug-likeness (QED) is 0.845. The lowest BCUT2D eigenvalue weighted by Gasteiger charge is -2.16. The number of carbonyl (C=O) groups excluding carboxylic acids is 1. The first kappa shape index (κ1) is 17.4. The van der Waals surface area contributed by atoms with Crippen LogP contribution in [-0.2, 0) is 4.79 Å². The van der Waals surface area contributed by atoms with Crippen molar-refractivity contribution in [3.8, 4) is 11.5 Å². The molecule has 122 valence electrons. The Labute approximate surface area is 145 Å². The molecule has 4 nitrogen and oxygen atoms in total. The Balaban J connectivity index is 2.02. The van der Waals surface area contributed by atoms with Gasteiger partial charge in [0.05, 0.1) is 12.1 Å². The van der Waals surface area contributed by atoms with Gasteiger partial charge in [-0.25, -0.2) is 0 Å². The minimum absolute atomic E-state index is 0.279. The van der Waals surface area contributed by atoms with Crippen LogP contribution in [0.15, 0.2) is 36.4 Å². The predicted octanol–water partition coefficient (Wildman–Crippen LogP) is 4.72. The van der Waals surface area contributed by atoms with E-state index in [1.165, 1.54) is 7.11 Å². The van der Waals surface area contributed by atoms with Crippen molar-refractivity contribution in [1.82, 2.24) is 0 Å². The average Bonchev–Trinajstić information content (AvgIpc) is 2.51. The van der Waals surface area contributed by atoms with Gasteiger partial charge < -0.3 is 14.8 Å². The van der Waals surface area contributed by atoms with Crippen LogP contribution in [0.1, 0.15) is 12.5 Å². The molecule has 0 saturated carbocycles. The number of methoxy groups -OCH3 is 1. The van der Waals surface area contributed by atoms with Gasteiger partial charge in [-0.1, -0.05) is 23.2 Å². The van der Waals surface area contributed by atoms with Crippen molar-refractivity contribution in [2.24, 2.45) is 0 Å². The third-order valence-electron chi connectivity index (χ3n) is 3.23. The summed E-state index contributed by atoms with van der Waals surface area (Å²) in [6.45, 7) is 3.55. The lowest BCUT2D eigenvalue weighted by atomic mass is 10.2. The summed E-state index contributed by atoms with van der Waals surface area (Å²) in [5, 5.41) is 3.83. The van der Waals surface area contributed by atoms with Gasteiger partial charge in [0, 0.05) is 10.7 Å². The number of benzene rings is 2. The largest absolute Gasteiger partial charge is 0.495 e. The van der Waals surface area contributed by atoms with Gasteiger partial charge in [0.2, 0.25) is 0 Å². The maximum Gasteiger partial charge on any atom is 0.265 e. The fourth-order valence-corrected chi connectivity index (χ4v) is 2.31. The van der Waals surface area contributed by atoms with E-state index in [9.17, 15) is 4.79 Å². The summed E-state index contributed by atoms with van der Waals surface area (Å²) >= 11 is 12.0. The predicted molar refractivity (Wildman–Crippen MR) is 92.9 cm³/mol. The molecule has 0 bridgehead atoms. The van der Waals surface area contributed by atoms with Crippen LogP contribution in [0.2, 0.25) is 10.0 Å². The van der Waals surface area contributed by atoms with Crippen LogP contribution in [0.4, 0.5) is 5.69 Å². The van der Waals surface area contributed by atoms with E-state index in [1.807, 2.05) is 6.92 Å². The molecule has 23 heavy (non-hydrogen) atoms. The van der Waals surface area contributed by atoms with Gasteiger partial charge in [0.1, 0.15) is 11.5 Å². The molecule has 0 aliphatic rings. The molecule has 1 amide bonds. The zero-order chi connectivity index (χ0) is 17.0. The van der Waals surface area contributed by atoms with Gasteiger partial charge in [0.15, 0.2) is 6.10 Å². The molecule has 2 aromatic rings. The van der Waals surface area contributed by atoms with Crippen LogP contribution >= 0.6 is 23.2 Å². The third-order valence-corrected chi connectivity index (χ3v) is 3.95. The third kappa shape index (κ3) is 4.53. The number of halogens is 2. The maximum atomic E-state index is 12.2. The Morgan fingerprint density at radius 2 is 1.87 bits per heavy atom. The molecule has 0 heterocycles. The van der Waals surface area contributed by atoms with Crippen molar-refractivity contribution < 1.29 is 14.3 Å². The lowest BCUT2D eigenvalue weighted by Crippen LogP contribution is -2.30. The second kappa shape index (κ2) is 7.57. The molecule has 6 heteroatoms. The maximum absolute atomic E-state index is 12.2. The minimum atomic E-state index is -0.670. The molecule has 2 rings (SSSR count). The topological polar surface area (TPSA) is 47.6 Å². The van der Waals surface area contributed by atoms with E-state index in [-0.39, 0.29) is 5.91 Å². The fourth-order valence-electron chi connectivity index (χ4n) is 1.94. The van der Waals surface area contributed by atoms with Gasteiger partial charge in [-0.05, 0) is 55.8 Å². The monoisotopic (exact) mass is 353 g/mol. The van der Waals surface area contributed by atoms with E-state index < -0.39 is 6.10 Å². The van der Waals surface area contributed by atoms with E-state index in [1.54, 1.807) is 43.3 Å². The molecule has 0 fully saturated rings. The molecule has 0 spiro atoms. The smallest absolute Gasteiger partial charge is 0.265 e. The second-order valence-electron chi connectivity index (χ2n) is 5.01. The summed E-state index contributed by atoms with van der Waals surface area (Å²) in [5.41, 5.74) is 1.46. The fraction of sp³-hybridized carbons (Fsp3) is 0.235. The Bertz CT molecular complexity index is 719. The van der Waals surface area contributed by atoms with Crippen LogP contribution in [0, 0.1) is 6.92 Å². The minimum Gasteiger partial charge on any atom is -0.495 e. The Kier molecular flexibility index (Phi) is 5.74. The van der Waals surface area contributed by atoms with E-state index in [0.29, 0.717) is 27.2 Å². The first-order chi connectivity index (χ1) is 10.9. The summed E-state index contributed by atoms with van der Waals surface area (Å²) in [6, 6.07) is 10.3. The number of rotatable bonds is 5. The summed E-state index contributed by atoms with van der Waals surface area (Å²) in [4.78, 5) is 12.2. The number of nitrogens with one attached hydrogen (secondary N) is 1. The van der Waals surface area contributed by atoms with E-state index in [0.717, 1.165) is 5.56 Å². The zero-order valence-electron chi connectivity index (χ0n) is 13.0. The van der Waals surface area contributed by atoms with Crippen LogP contribution in [0.5, 0.6) is 11.5 Å². The van der Waals surface area contributed by atoms with Crippen molar-refractivity contribution in [1.29, 1.82) is 0 Å². The van der Waals surface area contributed by atoms with Crippen LogP contribution < -0.4 is 14.8 Å². The molecule has 0 saturated heterocycles. The number of amides is 1. The van der Waals surface area contributed by atoms with Crippen LogP contribution in [0.25, 0.3) is 0 Å². The molecule has 2 aromatic carbocycles. The normalized spacial score (nSPS) is 11.7. The molecular formula is C17H17Cl2NO3. The molecule has 0 aliphatic carbocycles. The van der Waals surface area contributed by atoms with Crippen LogP contribution in [0.3, 0.4) is 0 Å². The average molecular weight is 354 g/mol. The molecule has 0 aromatic heterocycles. The number of anilines is 1. The van der Waals surface area contributed by atoms with Gasteiger partial charge in [-0.3, -0.25) is 4.79 Å². The number of hydrogen-bond acceptors (Lipinski definition) is 3. The van der Waals surface area contributed by atoms with Crippen molar-refractivity contribution in [2.75, 3.05) is 12.4 Å². The molecule has 0 aliphatic heterocycles. The van der Waals surface area contributed by atoms with Crippen molar-refractivity contribution in [3.63, 3.8) is 0 Å². The molecule has 1 atom stereocenters. The first-order valence-electron chi connectivity index (χ1n) is 6.98. The highest BCUT2D eigenvalue weighted by Gasteiger charge is 2.16. The standard InChI is InChI=1S/C17H17Cl2NO3/c1-10-8-13(5-6-14(10)18)23-11(2)17(21)20-12-4-7-16(22-3)15(19)9-12/h4-9,11H,1-3H3,(H,20,21). The van der Waals surface area contributed by atoms with Crippen molar-refractivity contribution in [3.05, 3.63) is 52.0 Å². The van der Waals surface area contributed by atoms with Crippen LogP contribution in [-0.4, -0.2) is 19.1 Å². The Morgan fingerprint density at radius 3 is 2.48 bits per heavy atom. The highest BCUT2D eigenvalue weighted by molar-refractivity contribution is 6.32. The SMILES string of the molecule is COc1ccc(NC(=O)C(C)Oc2ccc(Cl)c(C)c2)cc1Cl.